The molecule has 2 amide bonds. The molecule has 4 rings (SSSR count). The van der Waals surface area contributed by atoms with Crippen molar-refractivity contribution < 1.29 is 14.3 Å². The molecule has 0 aliphatic carbocycles. The van der Waals surface area contributed by atoms with Crippen LogP contribution in [0.3, 0.4) is 0 Å². The topological polar surface area (TPSA) is 54.9 Å². The lowest BCUT2D eigenvalue weighted by atomic mass is 10.1. The number of carbonyl (C=O) groups excluding carboxylic acids is 1. The summed E-state index contributed by atoms with van der Waals surface area (Å²) >= 11 is 0. The number of hydrogen-bond donors (Lipinski definition) is 0. The van der Waals surface area contributed by atoms with E-state index in [0.717, 1.165) is 67.2 Å². The van der Waals surface area contributed by atoms with Crippen molar-refractivity contribution in [2.75, 3.05) is 38.3 Å². The summed E-state index contributed by atoms with van der Waals surface area (Å²) in [5, 5.41) is 0. The first-order valence-electron chi connectivity index (χ1n) is 11.1. The van der Waals surface area contributed by atoms with E-state index < -0.39 is 0 Å². The molecule has 2 aromatic carbocycles. The maximum Gasteiger partial charge on any atom is 0.324 e. The number of amides is 2. The van der Waals surface area contributed by atoms with E-state index in [-0.39, 0.29) is 18.4 Å². The third-order valence-corrected chi connectivity index (χ3v) is 5.69. The summed E-state index contributed by atoms with van der Waals surface area (Å²) in [5.41, 5.74) is 3.21. The number of carbonyl (C=O) groups is 1. The molecular formula is C26H30ClN3O3. The monoisotopic (exact) mass is 467 g/mol. The highest BCUT2D eigenvalue weighted by molar-refractivity contribution is 5.94. The molecule has 1 saturated heterocycles. The molecule has 0 atom stereocenters. The lowest BCUT2D eigenvalue weighted by Crippen LogP contribution is -2.32. The molecule has 0 N–H and O–H groups in total. The van der Waals surface area contributed by atoms with E-state index in [1.54, 1.807) is 19.5 Å². The van der Waals surface area contributed by atoms with Gasteiger partial charge in [0.1, 0.15) is 11.5 Å². The fourth-order valence-electron chi connectivity index (χ4n) is 3.85. The molecule has 1 fully saturated rings. The van der Waals surface area contributed by atoms with Gasteiger partial charge in [-0.2, -0.15) is 0 Å². The standard InChI is InChI=1S/C26H29N3O3.ClH/c1-31-24-9-5-21(6-10-24)22-7-11-25(12-8-22)32-20-4-2-3-17-28-18-19-29(26(28)30)23-13-15-27-16-14-23;/h5-16H,2-4,17-20H2,1H3;1H. The van der Waals surface area contributed by atoms with Crippen molar-refractivity contribution in [3.63, 3.8) is 0 Å². The number of benzene rings is 2. The van der Waals surface area contributed by atoms with Crippen LogP contribution in [-0.2, 0) is 0 Å². The lowest BCUT2D eigenvalue weighted by molar-refractivity contribution is 0.219. The Bertz CT molecular complexity index is 998. The van der Waals surface area contributed by atoms with Crippen LogP contribution in [0.15, 0.2) is 73.1 Å². The molecule has 174 valence electrons. The number of halogens is 1. The molecule has 0 unspecified atom stereocenters. The number of pyridine rings is 1. The van der Waals surface area contributed by atoms with E-state index in [0.29, 0.717) is 6.61 Å². The quantitative estimate of drug-likeness (QED) is 0.360. The predicted octanol–water partition coefficient (Wildman–Crippen LogP) is 5.67. The van der Waals surface area contributed by atoms with Crippen molar-refractivity contribution in [2.45, 2.75) is 19.3 Å². The number of ether oxygens (including phenoxy) is 2. The predicted molar refractivity (Wildman–Crippen MR) is 134 cm³/mol. The minimum atomic E-state index is 0. The van der Waals surface area contributed by atoms with Gasteiger partial charge in [0.05, 0.1) is 13.7 Å². The van der Waals surface area contributed by atoms with Gasteiger partial charge in [0.15, 0.2) is 0 Å². The van der Waals surface area contributed by atoms with Crippen LogP contribution in [0.25, 0.3) is 11.1 Å². The molecular weight excluding hydrogens is 438 g/mol. The Balaban J connectivity index is 0.00000306. The molecule has 6 nitrogen and oxygen atoms in total. The minimum Gasteiger partial charge on any atom is -0.497 e. The lowest BCUT2D eigenvalue weighted by Gasteiger charge is -2.18. The summed E-state index contributed by atoms with van der Waals surface area (Å²) in [6.45, 7) is 2.98. The molecule has 33 heavy (non-hydrogen) atoms. The van der Waals surface area contributed by atoms with Gasteiger partial charge in [-0.25, -0.2) is 4.79 Å². The Morgan fingerprint density at radius 2 is 1.45 bits per heavy atom. The summed E-state index contributed by atoms with van der Waals surface area (Å²) in [6.07, 6.45) is 6.42. The molecule has 0 spiro atoms. The number of urea groups is 1. The Kier molecular flexibility index (Phi) is 8.95. The second-order valence-electron chi connectivity index (χ2n) is 7.79. The summed E-state index contributed by atoms with van der Waals surface area (Å²) in [5.74, 6) is 1.74. The first-order valence-corrected chi connectivity index (χ1v) is 11.1. The Hall–Kier alpha value is -3.25. The zero-order chi connectivity index (χ0) is 22.2. The molecule has 7 heteroatoms. The van der Waals surface area contributed by atoms with Crippen LogP contribution in [0.2, 0.25) is 0 Å². The number of methoxy groups -OCH3 is 1. The van der Waals surface area contributed by atoms with Crippen LogP contribution in [0.5, 0.6) is 11.5 Å². The third kappa shape index (κ3) is 6.39. The van der Waals surface area contributed by atoms with Gasteiger partial charge < -0.3 is 14.4 Å². The molecule has 0 radical (unpaired) electrons. The van der Waals surface area contributed by atoms with Gasteiger partial charge in [-0.3, -0.25) is 9.88 Å². The number of rotatable bonds is 10. The van der Waals surface area contributed by atoms with Crippen LogP contribution < -0.4 is 14.4 Å². The molecule has 1 aromatic heterocycles. The zero-order valence-corrected chi connectivity index (χ0v) is 19.7. The highest BCUT2D eigenvalue weighted by Crippen LogP contribution is 2.25. The Morgan fingerprint density at radius 1 is 0.818 bits per heavy atom. The molecule has 3 aromatic rings. The minimum absolute atomic E-state index is 0. The summed E-state index contributed by atoms with van der Waals surface area (Å²) in [4.78, 5) is 20.3. The first kappa shape index (κ1) is 24.4. The maximum absolute atomic E-state index is 12.6. The largest absolute Gasteiger partial charge is 0.497 e. The average molecular weight is 468 g/mol. The van der Waals surface area contributed by atoms with Gasteiger partial charge in [-0.05, 0) is 66.8 Å². The smallest absolute Gasteiger partial charge is 0.324 e. The fourth-order valence-corrected chi connectivity index (χ4v) is 3.85. The van der Waals surface area contributed by atoms with Crippen molar-refractivity contribution in [1.82, 2.24) is 9.88 Å². The first-order chi connectivity index (χ1) is 15.7. The van der Waals surface area contributed by atoms with E-state index in [9.17, 15) is 4.79 Å². The SMILES string of the molecule is COc1ccc(-c2ccc(OCCCCCN3CCN(c4ccncc4)C3=O)cc2)cc1.Cl. The van der Waals surface area contributed by atoms with Crippen molar-refractivity contribution in [3.05, 3.63) is 73.1 Å². The fraction of sp³-hybridized carbons (Fsp3) is 0.308. The zero-order valence-electron chi connectivity index (χ0n) is 18.9. The Labute approximate surface area is 201 Å². The number of unbranched alkanes of at least 4 members (excludes halogenated alkanes) is 2. The van der Waals surface area contributed by atoms with Crippen LogP contribution in [0.4, 0.5) is 10.5 Å². The van der Waals surface area contributed by atoms with Gasteiger partial charge >= 0.3 is 6.03 Å². The van der Waals surface area contributed by atoms with Crippen LogP contribution >= 0.6 is 12.4 Å². The van der Waals surface area contributed by atoms with Gasteiger partial charge in [-0.15, -0.1) is 12.4 Å². The summed E-state index contributed by atoms with van der Waals surface area (Å²) in [6, 6.07) is 20.0. The van der Waals surface area contributed by atoms with Gasteiger partial charge in [0.2, 0.25) is 0 Å². The number of anilines is 1. The van der Waals surface area contributed by atoms with Crippen LogP contribution in [-0.4, -0.2) is 49.3 Å². The molecule has 1 aliphatic rings. The van der Waals surface area contributed by atoms with Crippen LogP contribution in [0.1, 0.15) is 19.3 Å². The molecule has 1 aliphatic heterocycles. The average Bonchev–Trinajstić information content (AvgIpc) is 3.22. The van der Waals surface area contributed by atoms with E-state index >= 15 is 0 Å². The van der Waals surface area contributed by atoms with Gasteiger partial charge in [0, 0.05) is 37.7 Å². The number of hydrogen-bond acceptors (Lipinski definition) is 4. The highest BCUT2D eigenvalue weighted by Gasteiger charge is 2.28. The Morgan fingerprint density at radius 3 is 2.09 bits per heavy atom. The highest BCUT2D eigenvalue weighted by atomic mass is 35.5. The summed E-state index contributed by atoms with van der Waals surface area (Å²) in [7, 11) is 1.67. The molecule has 0 bridgehead atoms. The second-order valence-corrected chi connectivity index (χ2v) is 7.79. The van der Waals surface area contributed by atoms with E-state index in [1.807, 2.05) is 46.2 Å². The maximum atomic E-state index is 12.6. The van der Waals surface area contributed by atoms with Crippen molar-refractivity contribution >= 4 is 24.1 Å². The number of nitrogens with zero attached hydrogens (tertiary/aromatic N) is 3. The number of aromatic nitrogens is 1. The molecule has 0 saturated carbocycles. The van der Waals surface area contributed by atoms with Crippen LogP contribution in [0, 0.1) is 0 Å². The normalized spacial score (nSPS) is 13.1. The molecule has 2 heterocycles. The summed E-state index contributed by atoms with van der Waals surface area (Å²) < 4.78 is 11.1. The van der Waals surface area contributed by atoms with Crippen molar-refractivity contribution in [3.8, 4) is 22.6 Å². The van der Waals surface area contributed by atoms with E-state index in [1.165, 1.54) is 0 Å². The second kappa shape index (κ2) is 12.1. The van der Waals surface area contributed by atoms with E-state index in [2.05, 4.69) is 29.2 Å². The van der Waals surface area contributed by atoms with Gasteiger partial charge in [0.25, 0.3) is 0 Å². The van der Waals surface area contributed by atoms with Crippen molar-refractivity contribution in [2.24, 2.45) is 0 Å². The van der Waals surface area contributed by atoms with E-state index in [4.69, 9.17) is 9.47 Å². The van der Waals surface area contributed by atoms with Gasteiger partial charge in [-0.1, -0.05) is 24.3 Å². The third-order valence-electron chi connectivity index (χ3n) is 5.69. The van der Waals surface area contributed by atoms with Crippen molar-refractivity contribution in [1.29, 1.82) is 0 Å².